The maximum absolute atomic E-state index is 12.3. The normalized spacial score (nSPS) is 23.9. The molecule has 1 spiro atoms. The minimum atomic E-state index is -0.250. The van der Waals surface area contributed by atoms with E-state index in [0.717, 1.165) is 51.7 Å². The van der Waals surface area contributed by atoms with Crippen LogP contribution < -0.4 is 5.32 Å². The van der Waals surface area contributed by atoms with E-state index in [1.807, 2.05) is 12.1 Å². The molecule has 2 aliphatic rings. The molecule has 23 heavy (non-hydrogen) atoms. The quantitative estimate of drug-likeness (QED) is 0.732. The summed E-state index contributed by atoms with van der Waals surface area (Å²) in [5.41, 5.74) is 0.968. The molecule has 0 saturated carbocycles. The highest BCUT2D eigenvalue weighted by molar-refractivity contribution is 5.87. The minimum Gasteiger partial charge on any atom is -0.508 e. The van der Waals surface area contributed by atoms with Gasteiger partial charge in [-0.25, -0.2) is 0 Å². The van der Waals surface area contributed by atoms with Crippen LogP contribution in [0.25, 0.3) is 0 Å². The number of carbonyl (C=O) groups excluding carboxylic acids is 1. The third kappa shape index (κ3) is 4.01. The lowest BCUT2D eigenvalue weighted by molar-refractivity contribution is -0.134. The smallest absolute Gasteiger partial charge is 0.290 e. The third-order valence-electron chi connectivity index (χ3n) is 4.71. The molecular weight excluding hydrogens is 296 g/mol. The van der Waals surface area contributed by atoms with Crippen molar-refractivity contribution in [2.45, 2.75) is 37.6 Å². The first-order chi connectivity index (χ1) is 11.1. The van der Waals surface area contributed by atoms with Crippen LogP contribution in [0.5, 0.6) is 5.75 Å². The molecule has 2 aliphatic heterocycles. The molecule has 1 atom stereocenters. The number of carbonyl (C=O) groups is 2. The number of carboxylic acid groups (broad SMARTS) is 1. The van der Waals surface area contributed by atoms with Gasteiger partial charge in [0.05, 0.1) is 0 Å². The van der Waals surface area contributed by atoms with Crippen molar-refractivity contribution < 1.29 is 19.8 Å². The lowest BCUT2D eigenvalue weighted by atomic mass is 9.86. The van der Waals surface area contributed by atoms with Gasteiger partial charge in [0.1, 0.15) is 11.3 Å². The van der Waals surface area contributed by atoms with Crippen molar-refractivity contribution >= 4 is 12.4 Å². The summed E-state index contributed by atoms with van der Waals surface area (Å²) in [5.74, 6) is 0.532. The lowest BCUT2D eigenvalue weighted by Crippen LogP contribution is -2.58. The van der Waals surface area contributed by atoms with Crippen molar-refractivity contribution in [2.75, 3.05) is 19.6 Å². The molecule has 6 heteroatoms. The number of phenolic OH excluding ortho intramolecular Hbond substituents is 1. The Balaban J connectivity index is 0.000000595. The summed E-state index contributed by atoms with van der Waals surface area (Å²) in [7, 11) is 0. The minimum absolute atomic E-state index is 0.229. The van der Waals surface area contributed by atoms with Gasteiger partial charge >= 0.3 is 0 Å². The number of nitrogens with zero attached hydrogens (tertiary/aromatic N) is 1. The SMILES string of the molecule is O=C1NCCCC12CCCN2CCc1ccc(O)cc1.O=CO. The average Bonchev–Trinajstić information content (AvgIpc) is 2.94. The number of nitrogens with one attached hydrogen (secondary N) is 1. The Kier molecular flexibility index (Phi) is 5.98. The van der Waals surface area contributed by atoms with E-state index in [4.69, 9.17) is 9.90 Å². The maximum atomic E-state index is 12.3. The first-order valence-corrected chi connectivity index (χ1v) is 8.01. The molecule has 1 unspecified atom stereocenters. The molecule has 1 aromatic carbocycles. The van der Waals surface area contributed by atoms with Crippen LogP contribution in [0.4, 0.5) is 0 Å². The van der Waals surface area contributed by atoms with Crippen LogP contribution in [0.15, 0.2) is 24.3 Å². The van der Waals surface area contributed by atoms with Gasteiger partial charge in [0.15, 0.2) is 0 Å². The molecule has 2 saturated heterocycles. The van der Waals surface area contributed by atoms with Gasteiger partial charge in [0.2, 0.25) is 5.91 Å². The molecule has 126 valence electrons. The number of hydrogen-bond acceptors (Lipinski definition) is 4. The zero-order valence-electron chi connectivity index (χ0n) is 13.2. The van der Waals surface area contributed by atoms with Gasteiger partial charge in [0.25, 0.3) is 6.47 Å². The Morgan fingerprint density at radius 2 is 1.87 bits per heavy atom. The molecule has 3 rings (SSSR count). The molecule has 3 N–H and O–H groups in total. The van der Waals surface area contributed by atoms with Gasteiger partial charge in [-0.05, 0) is 56.3 Å². The van der Waals surface area contributed by atoms with E-state index in [-0.39, 0.29) is 17.9 Å². The molecule has 6 nitrogen and oxygen atoms in total. The number of rotatable bonds is 3. The average molecular weight is 320 g/mol. The highest BCUT2D eigenvalue weighted by Crippen LogP contribution is 2.35. The predicted molar refractivity (Wildman–Crippen MR) is 86.3 cm³/mol. The molecular formula is C17H24N2O4. The number of amides is 1. The third-order valence-corrected chi connectivity index (χ3v) is 4.71. The van der Waals surface area contributed by atoms with Crippen molar-refractivity contribution in [1.82, 2.24) is 10.2 Å². The monoisotopic (exact) mass is 320 g/mol. The van der Waals surface area contributed by atoms with E-state index in [0.29, 0.717) is 5.75 Å². The molecule has 0 radical (unpaired) electrons. The van der Waals surface area contributed by atoms with Gasteiger partial charge in [-0.15, -0.1) is 0 Å². The van der Waals surface area contributed by atoms with Gasteiger partial charge in [0, 0.05) is 13.1 Å². The molecule has 1 aromatic rings. The second kappa shape index (κ2) is 7.97. The Labute approximate surface area is 136 Å². The van der Waals surface area contributed by atoms with E-state index in [1.165, 1.54) is 5.56 Å². The van der Waals surface area contributed by atoms with E-state index in [9.17, 15) is 9.90 Å². The number of likely N-dealkylation sites (tertiary alicyclic amines) is 1. The van der Waals surface area contributed by atoms with Crippen LogP contribution in [-0.2, 0) is 16.0 Å². The number of hydrogen-bond donors (Lipinski definition) is 3. The zero-order chi connectivity index (χ0) is 16.7. The molecule has 0 bridgehead atoms. The second-order valence-corrected chi connectivity index (χ2v) is 6.00. The molecule has 0 aliphatic carbocycles. The molecule has 1 amide bonds. The van der Waals surface area contributed by atoms with Crippen LogP contribution in [0.2, 0.25) is 0 Å². The summed E-state index contributed by atoms with van der Waals surface area (Å²) in [6.07, 6.45) is 5.11. The Bertz CT molecular complexity index is 532. The fraction of sp³-hybridized carbons (Fsp3) is 0.529. The largest absolute Gasteiger partial charge is 0.508 e. The summed E-state index contributed by atoms with van der Waals surface area (Å²) < 4.78 is 0. The highest BCUT2D eigenvalue weighted by Gasteiger charge is 2.47. The highest BCUT2D eigenvalue weighted by atomic mass is 16.3. The number of aromatic hydroxyl groups is 1. The number of piperidine rings is 1. The standard InChI is InChI=1S/C16H22N2O2.CH2O2/c19-14-5-3-13(4-6-14)7-12-18-11-2-9-16(18)8-1-10-17-15(16)20;2-1-3/h3-6,19H,1-2,7-12H2,(H,17,20);1H,(H,2,3). The van der Waals surface area contributed by atoms with Crippen LogP contribution in [0.3, 0.4) is 0 Å². The van der Waals surface area contributed by atoms with E-state index >= 15 is 0 Å². The molecule has 0 aromatic heterocycles. The summed E-state index contributed by atoms with van der Waals surface area (Å²) in [6.45, 7) is 2.51. The van der Waals surface area contributed by atoms with Crippen molar-refractivity contribution in [3.05, 3.63) is 29.8 Å². The summed E-state index contributed by atoms with van der Waals surface area (Å²) in [6, 6.07) is 7.36. The topological polar surface area (TPSA) is 89.9 Å². The first kappa shape index (κ1) is 17.3. The van der Waals surface area contributed by atoms with Crippen LogP contribution in [0, 0.1) is 0 Å². The van der Waals surface area contributed by atoms with E-state index in [2.05, 4.69) is 10.2 Å². The molecule has 2 heterocycles. The van der Waals surface area contributed by atoms with E-state index < -0.39 is 0 Å². The van der Waals surface area contributed by atoms with Gasteiger partial charge < -0.3 is 15.5 Å². The number of benzene rings is 1. The Hall–Kier alpha value is -2.08. The zero-order valence-corrected chi connectivity index (χ0v) is 13.2. The lowest BCUT2D eigenvalue weighted by Gasteiger charge is -2.40. The van der Waals surface area contributed by atoms with Gasteiger partial charge in [-0.2, -0.15) is 0 Å². The van der Waals surface area contributed by atoms with Crippen molar-refractivity contribution in [2.24, 2.45) is 0 Å². The van der Waals surface area contributed by atoms with Crippen LogP contribution >= 0.6 is 0 Å². The Morgan fingerprint density at radius 3 is 2.52 bits per heavy atom. The number of phenols is 1. The van der Waals surface area contributed by atoms with Crippen molar-refractivity contribution in [3.63, 3.8) is 0 Å². The second-order valence-electron chi connectivity index (χ2n) is 6.00. The summed E-state index contributed by atoms with van der Waals surface area (Å²) in [5, 5.41) is 19.2. The fourth-order valence-corrected chi connectivity index (χ4v) is 3.59. The predicted octanol–water partition coefficient (Wildman–Crippen LogP) is 1.38. The van der Waals surface area contributed by atoms with E-state index in [1.54, 1.807) is 12.1 Å². The Morgan fingerprint density at radius 1 is 1.22 bits per heavy atom. The van der Waals surface area contributed by atoms with Gasteiger partial charge in [-0.3, -0.25) is 14.5 Å². The van der Waals surface area contributed by atoms with Crippen molar-refractivity contribution in [3.8, 4) is 5.75 Å². The van der Waals surface area contributed by atoms with Crippen LogP contribution in [-0.4, -0.2) is 52.7 Å². The maximum Gasteiger partial charge on any atom is 0.290 e. The summed E-state index contributed by atoms with van der Waals surface area (Å²) in [4.78, 5) is 23.0. The van der Waals surface area contributed by atoms with Crippen molar-refractivity contribution in [1.29, 1.82) is 0 Å². The van der Waals surface area contributed by atoms with Crippen LogP contribution in [0.1, 0.15) is 31.2 Å². The fourth-order valence-electron chi connectivity index (χ4n) is 3.59. The van der Waals surface area contributed by atoms with Gasteiger partial charge in [-0.1, -0.05) is 12.1 Å². The first-order valence-electron chi connectivity index (χ1n) is 8.01. The molecule has 2 fully saturated rings. The summed E-state index contributed by atoms with van der Waals surface area (Å²) >= 11 is 0.